The number of aliphatic hydroxyl groups is 1. The Bertz CT molecular complexity index is 462. The van der Waals surface area contributed by atoms with E-state index in [4.69, 9.17) is 17.3 Å². The van der Waals surface area contributed by atoms with E-state index in [0.717, 1.165) is 30.2 Å². The molecule has 1 fully saturated rings. The van der Waals surface area contributed by atoms with Gasteiger partial charge in [0.2, 0.25) is 0 Å². The third kappa shape index (κ3) is 3.66. The van der Waals surface area contributed by atoms with Gasteiger partial charge < -0.3 is 10.8 Å². The van der Waals surface area contributed by atoms with Crippen molar-refractivity contribution >= 4 is 17.3 Å². The second-order valence-corrected chi connectivity index (χ2v) is 6.98. The van der Waals surface area contributed by atoms with Crippen LogP contribution in [0, 0.1) is 11.3 Å². The first kappa shape index (κ1) is 15.6. The number of hydrogen-bond acceptors (Lipinski definition) is 3. The first-order valence-corrected chi connectivity index (χ1v) is 7.67. The molecule has 1 atom stereocenters. The second-order valence-electron chi connectivity index (χ2n) is 6.57. The van der Waals surface area contributed by atoms with Gasteiger partial charge in [0.05, 0.1) is 0 Å². The molecule has 20 heavy (non-hydrogen) atoms. The molecule has 112 valence electrons. The molecule has 3 nitrogen and oxygen atoms in total. The lowest BCUT2D eigenvalue weighted by molar-refractivity contribution is 0.0382. The first-order chi connectivity index (χ1) is 9.42. The average Bonchev–Trinajstić information content (AvgIpc) is 2.42. The smallest absolute Gasteiger partial charge is 0.0485 e. The Hall–Kier alpha value is -0.770. The fourth-order valence-electron chi connectivity index (χ4n) is 2.90. The topological polar surface area (TPSA) is 49.5 Å². The van der Waals surface area contributed by atoms with Crippen molar-refractivity contribution in [1.29, 1.82) is 0 Å². The van der Waals surface area contributed by atoms with Crippen molar-refractivity contribution in [1.82, 2.24) is 4.90 Å². The van der Waals surface area contributed by atoms with Gasteiger partial charge >= 0.3 is 0 Å². The van der Waals surface area contributed by atoms with Gasteiger partial charge in [0.1, 0.15) is 0 Å². The lowest BCUT2D eigenvalue weighted by Gasteiger charge is -2.40. The molecule has 0 unspecified atom stereocenters. The second kappa shape index (κ2) is 6.33. The quantitative estimate of drug-likeness (QED) is 0.839. The van der Waals surface area contributed by atoms with Gasteiger partial charge in [0.25, 0.3) is 0 Å². The number of hydrogen-bond donors (Lipinski definition) is 2. The van der Waals surface area contributed by atoms with Crippen molar-refractivity contribution in [2.45, 2.75) is 33.2 Å². The Morgan fingerprint density at radius 2 is 2.20 bits per heavy atom. The highest BCUT2D eigenvalue weighted by Gasteiger charge is 2.32. The summed E-state index contributed by atoms with van der Waals surface area (Å²) in [7, 11) is 0. The summed E-state index contributed by atoms with van der Waals surface area (Å²) in [6, 6.07) is 5.73. The lowest BCUT2D eigenvalue weighted by Crippen LogP contribution is -2.42. The van der Waals surface area contributed by atoms with E-state index in [0.29, 0.717) is 11.6 Å². The molecule has 0 aliphatic carbocycles. The molecule has 0 spiro atoms. The van der Waals surface area contributed by atoms with Crippen molar-refractivity contribution in [2.75, 3.05) is 25.4 Å². The number of rotatable bonds is 4. The monoisotopic (exact) mass is 296 g/mol. The maximum absolute atomic E-state index is 9.54. The molecule has 0 saturated carbocycles. The number of nitrogens with zero attached hydrogens (tertiary/aromatic N) is 1. The summed E-state index contributed by atoms with van der Waals surface area (Å²) in [5, 5.41) is 10.3. The molecule has 1 aromatic carbocycles. The Kier molecular flexibility index (Phi) is 4.95. The summed E-state index contributed by atoms with van der Waals surface area (Å²) >= 11 is 6.26. The van der Waals surface area contributed by atoms with Crippen molar-refractivity contribution < 1.29 is 5.11 Å². The summed E-state index contributed by atoms with van der Waals surface area (Å²) < 4.78 is 0. The number of nitrogen functional groups attached to an aromatic ring is 1. The normalized spacial score (nSPS) is 21.1. The van der Waals surface area contributed by atoms with E-state index in [2.05, 4.69) is 18.7 Å². The van der Waals surface area contributed by atoms with E-state index >= 15 is 0 Å². The van der Waals surface area contributed by atoms with Crippen molar-refractivity contribution in [3.63, 3.8) is 0 Å². The standard InChI is InChI=1S/C16H25ClN2O/c1-16(2,11-20)13-4-3-7-19(10-13)9-12-5-6-14(18)8-15(12)17/h5-6,8,13,20H,3-4,7,9-11,18H2,1-2H3/t13-/m0/s1. The number of benzene rings is 1. The van der Waals surface area contributed by atoms with E-state index < -0.39 is 0 Å². The van der Waals surface area contributed by atoms with Gasteiger partial charge in [-0.15, -0.1) is 0 Å². The van der Waals surface area contributed by atoms with Crippen LogP contribution < -0.4 is 5.73 Å². The zero-order chi connectivity index (χ0) is 14.8. The molecule has 0 amide bonds. The van der Waals surface area contributed by atoms with Gasteiger partial charge in [-0.05, 0) is 48.4 Å². The van der Waals surface area contributed by atoms with Gasteiger partial charge in [-0.2, -0.15) is 0 Å². The fourth-order valence-corrected chi connectivity index (χ4v) is 3.15. The van der Waals surface area contributed by atoms with Gasteiger partial charge in [-0.3, -0.25) is 4.90 Å². The van der Waals surface area contributed by atoms with Crippen LogP contribution in [0.3, 0.4) is 0 Å². The molecular weight excluding hydrogens is 272 g/mol. The number of aliphatic hydroxyl groups excluding tert-OH is 1. The largest absolute Gasteiger partial charge is 0.399 e. The maximum atomic E-state index is 9.54. The summed E-state index contributed by atoms with van der Waals surface area (Å²) in [5.41, 5.74) is 7.56. The van der Waals surface area contributed by atoms with E-state index in [1.54, 1.807) is 0 Å². The molecule has 1 heterocycles. The molecule has 2 rings (SSSR count). The molecule has 1 aliphatic rings. The fraction of sp³-hybridized carbons (Fsp3) is 0.625. The summed E-state index contributed by atoms with van der Waals surface area (Å²) in [4.78, 5) is 2.43. The van der Waals surface area contributed by atoms with E-state index in [-0.39, 0.29) is 12.0 Å². The number of nitrogens with two attached hydrogens (primary N) is 1. The zero-order valence-corrected chi connectivity index (χ0v) is 13.2. The average molecular weight is 297 g/mol. The highest BCUT2D eigenvalue weighted by atomic mass is 35.5. The minimum Gasteiger partial charge on any atom is -0.399 e. The Morgan fingerprint density at radius 3 is 2.85 bits per heavy atom. The van der Waals surface area contributed by atoms with Crippen LogP contribution in [0.15, 0.2) is 18.2 Å². The van der Waals surface area contributed by atoms with E-state index in [9.17, 15) is 5.11 Å². The Balaban J connectivity index is 2.03. The Morgan fingerprint density at radius 1 is 1.45 bits per heavy atom. The van der Waals surface area contributed by atoms with E-state index in [1.807, 2.05) is 18.2 Å². The van der Waals surface area contributed by atoms with Crippen molar-refractivity contribution in [2.24, 2.45) is 11.3 Å². The minimum atomic E-state index is -0.0103. The van der Waals surface area contributed by atoms with Crippen LogP contribution in [0.5, 0.6) is 0 Å². The molecule has 1 aromatic rings. The summed E-state index contributed by atoms with van der Waals surface area (Å²) in [6.45, 7) is 7.52. The van der Waals surface area contributed by atoms with Gasteiger partial charge in [0.15, 0.2) is 0 Å². The SMILES string of the molecule is CC(C)(CO)[C@H]1CCCN(Cc2ccc(N)cc2Cl)C1. The third-order valence-corrected chi connectivity index (χ3v) is 4.84. The van der Waals surface area contributed by atoms with Gasteiger partial charge in [0, 0.05) is 30.4 Å². The highest BCUT2D eigenvalue weighted by molar-refractivity contribution is 6.31. The van der Waals surface area contributed by atoms with Crippen LogP contribution in [-0.4, -0.2) is 29.7 Å². The summed E-state index contributed by atoms with van der Waals surface area (Å²) in [5.74, 6) is 0.536. The van der Waals surface area contributed by atoms with E-state index in [1.165, 1.54) is 12.8 Å². The van der Waals surface area contributed by atoms with Crippen LogP contribution in [0.25, 0.3) is 0 Å². The number of likely N-dealkylation sites (tertiary alicyclic amines) is 1. The lowest BCUT2D eigenvalue weighted by atomic mass is 9.75. The van der Waals surface area contributed by atoms with Crippen LogP contribution in [-0.2, 0) is 6.54 Å². The maximum Gasteiger partial charge on any atom is 0.0485 e. The molecule has 1 saturated heterocycles. The van der Waals surface area contributed by atoms with Crippen LogP contribution in [0.4, 0.5) is 5.69 Å². The number of anilines is 1. The molecule has 0 radical (unpaired) electrons. The van der Waals surface area contributed by atoms with Crippen LogP contribution in [0.1, 0.15) is 32.3 Å². The zero-order valence-electron chi connectivity index (χ0n) is 12.4. The third-order valence-electron chi connectivity index (χ3n) is 4.49. The molecule has 1 aliphatic heterocycles. The molecule has 0 bridgehead atoms. The summed E-state index contributed by atoms with van der Waals surface area (Å²) in [6.07, 6.45) is 2.38. The van der Waals surface area contributed by atoms with Crippen LogP contribution >= 0.6 is 11.6 Å². The molecule has 4 heteroatoms. The highest BCUT2D eigenvalue weighted by Crippen LogP contribution is 2.34. The predicted molar refractivity (Wildman–Crippen MR) is 84.7 cm³/mol. The number of piperidine rings is 1. The van der Waals surface area contributed by atoms with Gasteiger partial charge in [-0.25, -0.2) is 0 Å². The predicted octanol–water partition coefficient (Wildman–Crippen LogP) is 3.15. The van der Waals surface area contributed by atoms with Crippen LogP contribution in [0.2, 0.25) is 5.02 Å². The molecule has 0 aromatic heterocycles. The van der Waals surface area contributed by atoms with Crippen molar-refractivity contribution in [3.05, 3.63) is 28.8 Å². The first-order valence-electron chi connectivity index (χ1n) is 7.29. The molecular formula is C16H25ClN2O. The molecule has 3 N–H and O–H groups in total. The van der Waals surface area contributed by atoms with Gasteiger partial charge in [-0.1, -0.05) is 31.5 Å². The Labute approximate surface area is 126 Å². The minimum absolute atomic E-state index is 0.0103. The number of halogens is 1. The van der Waals surface area contributed by atoms with Crippen molar-refractivity contribution in [3.8, 4) is 0 Å².